The SMILES string of the molecule is CCOC(=O)C(F)[C@@H](N)c1ccc2cc(O)ccc2c1. The summed E-state index contributed by atoms with van der Waals surface area (Å²) in [5.41, 5.74) is 6.27. The zero-order valence-corrected chi connectivity index (χ0v) is 11.0. The molecule has 0 radical (unpaired) electrons. The van der Waals surface area contributed by atoms with Gasteiger partial charge in [-0.05, 0) is 41.5 Å². The molecule has 0 aliphatic carbocycles. The molecule has 20 heavy (non-hydrogen) atoms. The van der Waals surface area contributed by atoms with E-state index in [2.05, 4.69) is 4.74 Å². The summed E-state index contributed by atoms with van der Waals surface area (Å²) < 4.78 is 18.5. The van der Waals surface area contributed by atoms with E-state index >= 15 is 0 Å². The van der Waals surface area contributed by atoms with Crippen molar-refractivity contribution in [1.29, 1.82) is 0 Å². The van der Waals surface area contributed by atoms with Crippen molar-refractivity contribution < 1.29 is 19.0 Å². The van der Waals surface area contributed by atoms with Gasteiger partial charge in [-0.3, -0.25) is 0 Å². The molecule has 0 saturated carbocycles. The predicted octanol–water partition coefficient (Wildman–Crippen LogP) is 2.45. The van der Waals surface area contributed by atoms with E-state index in [0.717, 1.165) is 10.8 Å². The van der Waals surface area contributed by atoms with Crippen molar-refractivity contribution in [2.75, 3.05) is 6.61 Å². The maximum Gasteiger partial charge on any atom is 0.342 e. The Bertz CT molecular complexity index is 630. The minimum atomic E-state index is -1.90. The van der Waals surface area contributed by atoms with Crippen molar-refractivity contribution in [1.82, 2.24) is 0 Å². The van der Waals surface area contributed by atoms with E-state index in [1.165, 1.54) is 6.07 Å². The normalized spacial score (nSPS) is 13.9. The van der Waals surface area contributed by atoms with Crippen molar-refractivity contribution in [3.63, 3.8) is 0 Å². The van der Waals surface area contributed by atoms with Crippen molar-refractivity contribution >= 4 is 16.7 Å². The molecule has 106 valence electrons. The summed E-state index contributed by atoms with van der Waals surface area (Å²) in [6, 6.07) is 8.83. The number of nitrogens with two attached hydrogens (primary N) is 1. The molecule has 0 heterocycles. The predicted molar refractivity (Wildman–Crippen MR) is 74.1 cm³/mol. The Morgan fingerprint density at radius 3 is 2.65 bits per heavy atom. The summed E-state index contributed by atoms with van der Waals surface area (Å²) in [4.78, 5) is 11.4. The number of rotatable bonds is 4. The zero-order valence-electron chi connectivity index (χ0n) is 11.0. The number of phenolic OH excluding ortho intramolecular Hbond substituents is 1. The summed E-state index contributed by atoms with van der Waals surface area (Å²) in [5, 5.41) is 11.0. The van der Waals surface area contributed by atoms with Gasteiger partial charge in [0, 0.05) is 0 Å². The molecular weight excluding hydrogens is 261 g/mol. The molecule has 0 fully saturated rings. The van der Waals surface area contributed by atoms with E-state index in [1.807, 2.05) is 0 Å². The largest absolute Gasteiger partial charge is 0.508 e. The van der Waals surface area contributed by atoms with Gasteiger partial charge in [0.15, 0.2) is 0 Å². The first-order valence-corrected chi connectivity index (χ1v) is 6.32. The Hall–Kier alpha value is -2.14. The molecule has 0 amide bonds. The Balaban J connectivity index is 2.28. The van der Waals surface area contributed by atoms with Gasteiger partial charge in [-0.2, -0.15) is 0 Å². The first kappa shape index (κ1) is 14.3. The van der Waals surface area contributed by atoms with Crippen LogP contribution in [0, 0.1) is 0 Å². The quantitative estimate of drug-likeness (QED) is 0.842. The van der Waals surface area contributed by atoms with Crippen LogP contribution in [0.25, 0.3) is 10.8 Å². The van der Waals surface area contributed by atoms with Gasteiger partial charge in [-0.1, -0.05) is 18.2 Å². The average Bonchev–Trinajstić information content (AvgIpc) is 2.45. The lowest BCUT2D eigenvalue weighted by atomic mass is 9.99. The number of halogens is 1. The van der Waals surface area contributed by atoms with E-state index < -0.39 is 18.2 Å². The van der Waals surface area contributed by atoms with Gasteiger partial charge in [-0.25, -0.2) is 9.18 Å². The van der Waals surface area contributed by atoms with Gasteiger partial charge in [-0.15, -0.1) is 0 Å². The van der Waals surface area contributed by atoms with E-state index in [0.29, 0.717) is 5.56 Å². The van der Waals surface area contributed by atoms with Gasteiger partial charge < -0.3 is 15.6 Å². The number of aromatic hydroxyl groups is 1. The number of fused-ring (bicyclic) bond motifs is 1. The first-order chi connectivity index (χ1) is 9.52. The molecule has 0 spiro atoms. The van der Waals surface area contributed by atoms with E-state index in [-0.39, 0.29) is 12.4 Å². The molecule has 0 bridgehead atoms. The maximum atomic E-state index is 13.9. The maximum absolute atomic E-state index is 13.9. The summed E-state index contributed by atoms with van der Waals surface area (Å²) in [6.07, 6.45) is -1.90. The summed E-state index contributed by atoms with van der Waals surface area (Å²) >= 11 is 0. The van der Waals surface area contributed by atoms with Crippen LogP contribution in [0.3, 0.4) is 0 Å². The number of hydrogen-bond acceptors (Lipinski definition) is 4. The lowest BCUT2D eigenvalue weighted by molar-refractivity contribution is -0.149. The van der Waals surface area contributed by atoms with Crippen LogP contribution in [-0.2, 0) is 9.53 Å². The molecule has 0 aromatic heterocycles. The van der Waals surface area contributed by atoms with Crippen molar-refractivity contribution in [2.45, 2.75) is 19.1 Å². The highest BCUT2D eigenvalue weighted by Crippen LogP contribution is 2.25. The molecule has 2 aromatic carbocycles. The summed E-state index contributed by atoms with van der Waals surface area (Å²) in [7, 11) is 0. The fourth-order valence-corrected chi connectivity index (χ4v) is 2.00. The molecule has 0 saturated heterocycles. The number of phenols is 1. The van der Waals surface area contributed by atoms with Gasteiger partial charge in [0.25, 0.3) is 0 Å². The number of ether oxygens (including phenoxy) is 1. The summed E-state index contributed by atoms with van der Waals surface area (Å²) in [5.74, 6) is -0.796. The van der Waals surface area contributed by atoms with Gasteiger partial charge in [0.2, 0.25) is 6.17 Å². The molecule has 3 N–H and O–H groups in total. The van der Waals surface area contributed by atoms with E-state index in [9.17, 15) is 14.3 Å². The van der Waals surface area contributed by atoms with Crippen LogP contribution in [0.5, 0.6) is 5.75 Å². The molecule has 1 unspecified atom stereocenters. The number of alkyl halides is 1. The van der Waals surface area contributed by atoms with Crippen LogP contribution in [0.15, 0.2) is 36.4 Å². The molecule has 0 aliphatic heterocycles. The minimum absolute atomic E-state index is 0.114. The Morgan fingerprint density at radius 2 is 1.95 bits per heavy atom. The van der Waals surface area contributed by atoms with Crippen molar-refractivity contribution in [3.05, 3.63) is 42.0 Å². The van der Waals surface area contributed by atoms with Crippen LogP contribution in [0.2, 0.25) is 0 Å². The lowest BCUT2D eigenvalue weighted by Gasteiger charge is -2.16. The number of carbonyl (C=O) groups excluding carboxylic acids is 1. The van der Waals surface area contributed by atoms with Crippen molar-refractivity contribution in [2.24, 2.45) is 5.73 Å². The molecule has 0 aliphatic rings. The second kappa shape index (κ2) is 5.88. The standard InChI is InChI=1S/C15H16FNO3/c1-2-20-15(19)13(16)14(17)11-4-3-10-8-12(18)6-5-9(10)7-11/h3-8,13-14,18H,2,17H2,1H3/t13?,14-/m0/s1. The highest BCUT2D eigenvalue weighted by molar-refractivity contribution is 5.85. The third-order valence-corrected chi connectivity index (χ3v) is 3.06. The molecule has 2 atom stereocenters. The molecule has 2 rings (SSSR count). The third kappa shape index (κ3) is 2.88. The van der Waals surface area contributed by atoms with E-state index in [1.54, 1.807) is 37.3 Å². The minimum Gasteiger partial charge on any atom is -0.508 e. The second-order valence-electron chi connectivity index (χ2n) is 4.47. The van der Waals surface area contributed by atoms with Gasteiger partial charge in [0.1, 0.15) is 5.75 Å². The lowest BCUT2D eigenvalue weighted by Crippen LogP contribution is -2.31. The molecule has 2 aromatic rings. The second-order valence-corrected chi connectivity index (χ2v) is 4.47. The Kier molecular flexibility index (Phi) is 4.20. The fraction of sp³-hybridized carbons (Fsp3) is 0.267. The highest BCUT2D eigenvalue weighted by Gasteiger charge is 2.27. The number of carbonyl (C=O) groups is 1. The smallest absolute Gasteiger partial charge is 0.342 e. The van der Waals surface area contributed by atoms with E-state index in [4.69, 9.17) is 5.73 Å². The van der Waals surface area contributed by atoms with Gasteiger partial charge >= 0.3 is 5.97 Å². The van der Waals surface area contributed by atoms with Crippen LogP contribution < -0.4 is 5.73 Å². The van der Waals surface area contributed by atoms with Gasteiger partial charge in [0.05, 0.1) is 12.6 Å². The highest BCUT2D eigenvalue weighted by atomic mass is 19.1. The zero-order chi connectivity index (χ0) is 14.7. The number of hydrogen-bond donors (Lipinski definition) is 2. The number of benzene rings is 2. The van der Waals surface area contributed by atoms with Crippen LogP contribution in [0.4, 0.5) is 4.39 Å². The van der Waals surface area contributed by atoms with Crippen molar-refractivity contribution in [3.8, 4) is 5.75 Å². The van der Waals surface area contributed by atoms with Crippen LogP contribution in [0.1, 0.15) is 18.5 Å². The number of esters is 1. The third-order valence-electron chi connectivity index (χ3n) is 3.06. The molecular formula is C15H16FNO3. The van der Waals surface area contributed by atoms with Crippen LogP contribution >= 0.6 is 0 Å². The Morgan fingerprint density at radius 1 is 1.30 bits per heavy atom. The fourth-order valence-electron chi connectivity index (χ4n) is 2.00. The molecule has 4 nitrogen and oxygen atoms in total. The first-order valence-electron chi connectivity index (χ1n) is 6.32. The topological polar surface area (TPSA) is 72.5 Å². The average molecular weight is 277 g/mol. The van der Waals surface area contributed by atoms with Crippen LogP contribution in [-0.4, -0.2) is 23.9 Å². The monoisotopic (exact) mass is 277 g/mol. The molecule has 5 heteroatoms. The Labute approximate surface area is 116 Å². The summed E-state index contributed by atoms with van der Waals surface area (Å²) in [6.45, 7) is 1.72.